The molecule has 0 spiro atoms. The maximum atomic E-state index is 5.34. The van der Waals surface area contributed by atoms with Gasteiger partial charge in [0.05, 0.1) is 11.4 Å². The molecule has 2 nitrogen and oxygen atoms in total. The van der Waals surface area contributed by atoms with Gasteiger partial charge in [-0.15, -0.1) is 0 Å². The first-order valence-corrected chi connectivity index (χ1v) is 13.0. The van der Waals surface area contributed by atoms with Gasteiger partial charge in [-0.05, 0) is 60.4 Å². The Morgan fingerprint density at radius 2 is 1.74 bits per heavy atom. The van der Waals surface area contributed by atoms with Crippen molar-refractivity contribution in [1.29, 1.82) is 0 Å². The van der Waals surface area contributed by atoms with Gasteiger partial charge < -0.3 is 0 Å². The van der Waals surface area contributed by atoms with Gasteiger partial charge in [0.2, 0.25) is 0 Å². The summed E-state index contributed by atoms with van der Waals surface area (Å²) in [5, 5.41) is 5.34. The fourth-order valence-corrected chi connectivity index (χ4v) is 5.13. The molecular weight excluding hydrogens is 424 g/mol. The monoisotopic (exact) mass is 458 g/mol. The Hall–Kier alpha value is -3.65. The number of nitrogens with zero attached hydrogens (tertiary/aromatic N) is 2. The molecule has 0 unspecified atom stereocenters. The summed E-state index contributed by atoms with van der Waals surface area (Å²) in [6.07, 6.45) is 22.1. The first kappa shape index (κ1) is 23.1. The van der Waals surface area contributed by atoms with Crippen LogP contribution in [0.3, 0.4) is 0 Å². The van der Waals surface area contributed by atoms with Crippen molar-refractivity contribution >= 4 is 16.8 Å². The van der Waals surface area contributed by atoms with E-state index in [1.807, 2.05) is 0 Å². The summed E-state index contributed by atoms with van der Waals surface area (Å²) in [4.78, 5) is 0. The Morgan fingerprint density at radius 3 is 2.51 bits per heavy atom. The molecule has 0 N–H and O–H groups in total. The lowest BCUT2D eigenvalue weighted by molar-refractivity contribution is 0.836. The number of benzene rings is 2. The van der Waals surface area contributed by atoms with Crippen molar-refractivity contribution in [2.45, 2.75) is 52.4 Å². The molecule has 0 saturated carbocycles. The molecule has 2 aromatic carbocycles. The van der Waals surface area contributed by atoms with E-state index in [-0.39, 0.29) is 0 Å². The molecule has 0 radical (unpaired) electrons. The molecule has 0 bridgehead atoms. The third-order valence-electron chi connectivity index (χ3n) is 6.78. The third-order valence-corrected chi connectivity index (χ3v) is 6.78. The van der Waals surface area contributed by atoms with Crippen molar-refractivity contribution in [3.8, 4) is 11.1 Å². The van der Waals surface area contributed by atoms with Crippen molar-refractivity contribution < 1.29 is 0 Å². The zero-order chi connectivity index (χ0) is 24.0. The number of aromatic nitrogens is 2. The minimum absolute atomic E-state index is 0.901. The van der Waals surface area contributed by atoms with Gasteiger partial charge in [0.15, 0.2) is 0 Å². The minimum Gasteiger partial charge on any atom is -0.236 e. The summed E-state index contributed by atoms with van der Waals surface area (Å²) >= 11 is 0. The standard InChI is InChI=1S/C33H34N2/c1-3-15-25-16-14-21-28(24-25)29-22-12-7-13-23-31(29)35-30(4-2)32(26-17-8-5-9-18-26)33(34-35)27-19-10-6-11-20-27/h5,7-10,13-14,16-24H,3-4,6,11-12,15H2,1-2H3. The highest BCUT2D eigenvalue weighted by molar-refractivity contribution is 6.00. The van der Waals surface area contributed by atoms with E-state index in [1.54, 1.807) is 0 Å². The van der Waals surface area contributed by atoms with Crippen molar-refractivity contribution in [2.24, 2.45) is 0 Å². The zero-order valence-electron chi connectivity index (χ0n) is 20.9. The van der Waals surface area contributed by atoms with E-state index in [2.05, 4.69) is 116 Å². The number of rotatable bonds is 7. The van der Waals surface area contributed by atoms with E-state index >= 15 is 0 Å². The lowest BCUT2D eigenvalue weighted by Gasteiger charge is -2.16. The van der Waals surface area contributed by atoms with Crippen LogP contribution in [0, 0.1) is 0 Å². The molecule has 2 aliphatic rings. The molecule has 35 heavy (non-hydrogen) atoms. The van der Waals surface area contributed by atoms with Crippen LogP contribution < -0.4 is 0 Å². The van der Waals surface area contributed by atoms with Gasteiger partial charge in [-0.2, -0.15) is 5.10 Å². The largest absolute Gasteiger partial charge is 0.236 e. The molecule has 0 aliphatic heterocycles. The topological polar surface area (TPSA) is 17.8 Å². The van der Waals surface area contributed by atoms with Crippen LogP contribution in [0.1, 0.15) is 62.0 Å². The second kappa shape index (κ2) is 10.7. The zero-order valence-corrected chi connectivity index (χ0v) is 20.9. The van der Waals surface area contributed by atoms with E-state index < -0.39 is 0 Å². The summed E-state index contributed by atoms with van der Waals surface area (Å²) in [5.41, 5.74) is 11.1. The predicted octanol–water partition coefficient (Wildman–Crippen LogP) is 8.68. The molecule has 0 fully saturated rings. The molecule has 176 valence electrons. The number of aryl methyl sites for hydroxylation is 1. The molecule has 0 atom stereocenters. The molecule has 1 aromatic heterocycles. The minimum atomic E-state index is 0.901. The van der Waals surface area contributed by atoms with Crippen LogP contribution in [-0.4, -0.2) is 9.78 Å². The SMILES string of the molecule is CCCc1cccc(C2=CCC=CC=C2n2nc(C3=CCCC=C3)c(-c3ccccc3)c2CC)c1. The van der Waals surface area contributed by atoms with Gasteiger partial charge in [-0.3, -0.25) is 0 Å². The molecule has 2 aliphatic carbocycles. The summed E-state index contributed by atoms with van der Waals surface area (Å²) in [7, 11) is 0. The quantitative estimate of drug-likeness (QED) is 0.346. The number of allylic oxidation sites excluding steroid dienone is 10. The molecule has 1 heterocycles. The Morgan fingerprint density at radius 1 is 0.886 bits per heavy atom. The first-order valence-electron chi connectivity index (χ1n) is 13.0. The third kappa shape index (κ3) is 4.79. The van der Waals surface area contributed by atoms with E-state index in [0.717, 1.165) is 49.9 Å². The van der Waals surface area contributed by atoms with Gasteiger partial charge in [0.25, 0.3) is 0 Å². The van der Waals surface area contributed by atoms with E-state index in [1.165, 1.54) is 39.1 Å². The Balaban J connectivity index is 1.71. The highest BCUT2D eigenvalue weighted by atomic mass is 15.3. The van der Waals surface area contributed by atoms with Crippen LogP contribution in [0.15, 0.2) is 97.1 Å². The average molecular weight is 459 g/mol. The maximum absolute atomic E-state index is 5.34. The molecule has 5 rings (SSSR count). The van der Waals surface area contributed by atoms with Crippen LogP contribution in [0.4, 0.5) is 0 Å². The summed E-state index contributed by atoms with van der Waals surface area (Å²) in [6.45, 7) is 4.48. The molecule has 3 aromatic rings. The maximum Gasteiger partial charge on any atom is 0.101 e. The number of hydrogen-bond donors (Lipinski definition) is 0. The van der Waals surface area contributed by atoms with Crippen molar-refractivity contribution in [3.63, 3.8) is 0 Å². The second-order valence-corrected chi connectivity index (χ2v) is 9.22. The van der Waals surface area contributed by atoms with Crippen LogP contribution in [0.5, 0.6) is 0 Å². The summed E-state index contributed by atoms with van der Waals surface area (Å²) in [6, 6.07) is 19.8. The highest BCUT2D eigenvalue weighted by Crippen LogP contribution is 2.38. The fraction of sp³-hybridized carbons (Fsp3) is 0.242. The molecular formula is C33H34N2. The van der Waals surface area contributed by atoms with Crippen molar-refractivity contribution in [1.82, 2.24) is 9.78 Å². The van der Waals surface area contributed by atoms with Gasteiger partial charge in [0, 0.05) is 11.1 Å². The summed E-state index contributed by atoms with van der Waals surface area (Å²) in [5.74, 6) is 0. The predicted molar refractivity (Wildman–Crippen MR) is 150 cm³/mol. The Bertz CT molecular complexity index is 1340. The lowest BCUT2D eigenvalue weighted by Crippen LogP contribution is -2.06. The second-order valence-electron chi connectivity index (χ2n) is 9.22. The van der Waals surface area contributed by atoms with Crippen molar-refractivity contribution in [3.05, 3.63) is 120 Å². The van der Waals surface area contributed by atoms with Crippen LogP contribution >= 0.6 is 0 Å². The number of hydrogen-bond acceptors (Lipinski definition) is 1. The van der Waals surface area contributed by atoms with Crippen LogP contribution in [0.2, 0.25) is 0 Å². The smallest absolute Gasteiger partial charge is 0.101 e. The fourth-order valence-electron chi connectivity index (χ4n) is 5.13. The normalized spacial score (nSPS) is 15.4. The van der Waals surface area contributed by atoms with Gasteiger partial charge in [-0.1, -0.05) is 111 Å². The first-order chi connectivity index (χ1) is 17.3. The van der Waals surface area contributed by atoms with Gasteiger partial charge in [-0.25, -0.2) is 4.68 Å². The van der Waals surface area contributed by atoms with Crippen LogP contribution in [-0.2, 0) is 12.8 Å². The molecule has 0 saturated heterocycles. The summed E-state index contributed by atoms with van der Waals surface area (Å²) < 4.78 is 2.22. The van der Waals surface area contributed by atoms with E-state index in [0.29, 0.717) is 0 Å². The van der Waals surface area contributed by atoms with E-state index in [4.69, 9.17) is 5.10 Å². The van der Waals surface area contributed by atoms with Gasteiger partial charge in [0.1, 0.15) is 5.69 Å². The lowest BCUT2D eigenvalue weighted by atomic mass is 9.95. The van der Waals surface area contributed by atoms with Crippen LogP contribution in [0.25, 0.3) is 28.0 Å². The van der Waals surface area contributed by atoms with Crippen molar-refractivity contribution in [2.75, 3.05) is 0 Å². The molecule has 2 heteroatoms. The molecule has 0 amide bonds. The Kier molecular flexibility index (Phi) is 7.09. The highest BCUT2D eigenvalue weighted by Gasteiger charge is 2.24. The average Bonchev–Trinajstić information content (AvgIpc) is 3.12. The Labute approximate surface area is 209 Å². The van der Waals surface area contributed by atoms with E-state index in [9.17, 15) is 0 Å². The van der Waals surface area contributed by atoms with Gasteiger partial charge >= 0.3 is 0 Å².